The van der Waals surface area contributed by atoms with Crippen LogP contribution >= 0.6 is 0 Å². The Bertz CT molecular complexity index is 679. The van der Waals surface area contributed by atoms with Gasteiger partial charge in [0.15, 0.2) is 0 Å². The highest BCUT2D eigenvalue weighted by Gasteiger charge is 2.13. The van der Waals surface area contributed by atoms with E-state index in [4.69, 9.17) is 19.5 Å². The number of hydrogen-bond donors (Lipinski definition) is 0. The summed E-state index contributed by atoms with van der Waals surface area (Å²) in [5.41, 5.74) is 1.96. The number of hydrogen-bond acceptors (Lipinski definition) is 4. The second-order valence-corrected chi connectivity index (χ2v) is 5.46. The molecule has 0 N–H and O–H groups in total. The van der Waals surface area contributed by atoms with Crippen LogP contribution in [0.3, 0.4) is 0 Å². The highest BCUT2D eigenvalue weighted by molar-refractivity contribution is 7.75. The number of benzene rings is 2. The van der Waals surface area contributed by atoms with Gasteiger partial charge in [0.25, 0.3) is 0 Å². The van der Waals surface area contributed by atoms with Crippen LogP contribution in [0.15, 0.2) is 54.6 Å². The standard InChI is InChI=1S/C18H18O4S/c1-3-4-14-20-23(19)22-15(2)21-18-13-9-8-12-17(18)16-10-6-5-7-11-16/h1,5-13,15H,4,14H2,2H3. The van der Waals surface area contributed by atoms with Gasteiger partial charge in [0, 0.05) is 12.0 Å². The lowest BCUT2D eigenvalue weighted by Gasteiger charge is -2.16. The average Bonchev–Trinajstić information content (AvgIpc) is 2.56. The van der Waals surface area contributed by atoms with Gasteiger partial charge in [-0.3, -0.25) is 4.18 Å². The molecule has 0 saturated heterocycles. The predicted octanol–water partition coefficient (Wildman–Crippen LogP) is 3.71. The van der Waals surface area contributed by atoms with Gasteiger partial charge in [0.1, 0.15) is 5.75 Å². The Hall–Kier alpha value is -2.13. The third-order valence-corrected chi connectivity index (χ3v) is 3.69. The van der Waals surface area contributed by atoms with Crippen molar-refractivity contribution in [3.63, 3.8) is 0 Å². The maximum atomic E-state index is 11.6. The van der Waals surface area contributed by atoms with Crippen molar-refractivity contribution in [2.45, 2.75) is 19.6 Å². The van der Waals surface area contributed by atoms with Crippen molar-refractivity contribution >= 4 is 11.4 Å². The smallest absolute Gasteiger partial charge is 0.308 e. The Labute approximate surface area is 139 Å². The first-order valence-electron chi connectivity index (χ1n) is 7.17. The zero-order valence-electron chi connectivity index (χ0n) is 12.8. The molecule has 120 valence electrons. The summed E-state index contributed by atoms with van der Waals surface area (Å²) in [6, 6.07) is 17.5. The van der Waals surface area contributed by atoms with Crippen molar-refractivity contribution < 1.29 is 17.3 Å². The number of terminal acetylenes is 1. The zero-order valence-corrected chi connectivity index (χ0v) is 13.6. The van der Waals surface area contributed by atoms with Crippen molar-refractivity contribution in [2.24, 2.45) is 0 Å². The van der Waals surface area contributed by atoms with Crippen LogP contribution in [0.4, 0.5) is 0 Å². The van der Waals surface area contributed by atoms with Crippen LogP contribution in [0, 0.1) is 12.3 Å². The molecule has 0 spiro atoms. The van der Waals surface area contributed by atoms with Crippen LogP contribution in [0.1, 0.15) is 13.3 Å². The molecule has 23 heavy (non-hydrogen) atoms. The molecule has 0 aliphatic rings. The third-order valence-electron chi connectivity index (χ3n) is 2.90. The fourth-order valence-electron chi connectivity index (χ4n) is 1.93. The second-order valence-electron chi connectivity index (χ2n) is 4.62. The number of para-hydroxylation sites is 1. The van der Waals surface area contributed by atoms with E-state index in [-0.39, 0.29) is 6.61 Å². The summed E-state index contributed by atoms with van der Waals surface area (Å²) in [7, 11) is 0. The molecule has 2 aromatic rings. The van der Waals surface area contributed by atoms with E-state index in [9.17, 15) is 4.21 Å². The predicted molar refractivity (Wildman–Crippen MR) is 90.6 cm³/mol. The highest BCUT2D eigenvalue weighted by atomic mass is 32.2. The molecule has 0 heterocycles. The van der Waals surface area contributed by atoms with Gasteiger partial charge < -0.3 is 4.74 Å². The van der Waals surface area contributed by atoms with Crippen LogP contribution < -0.4 is 4.74 Å². The van der Waals surface area contributed by atoms with Crippen LogP contribution in [0.25, 0.3) is 11.1 Å². The SMILES string of the molecule is C#CCCOS(=O)OC(C)Oc1ccccc1-c1ccccc1. The molecular weight excluding hydrogens is 312 g/mol. The molecule has 0 radical (unpaired) electrons. The van der Waals surface area contributed by atoms with E-state index in [2.05, 4.69) is 5.92 Å². The van der Waals surface area contributed by atoms with Crippen LogP contribution in [-0.2, 0) is 19.7 Å². The Morgan fingerprint density at radius 3 is 2.57 bits per heavy atom. The van der Waals surface area contributed by atoms with E-state index in [0.717, 1.165) is 11.1 Å². The summed E-state index contributed by atoms with van der Waals surface area (Å²) in [6.45, 7) is 1.83. The Morgan fingerprint density at radius 2 is 1.83 bits per heavy atom. The molecule has 2 aromatic carbocycles. The molecule has 0 aliphatic heterocycles. The molecule has 4 nitrogen and oxygen atoms in total. The van der Waals surface area contributed by atoms with Gasteiger partial charge in [-0.05, 0) is 18.6 Å². The first kappa shape index (κ1) is 17.2. The number of ether oxygens (including phenoxy) is 1. The quantitative estimate of drug-likeness (QED) is 0.420. The molecule has 0 aliphatic carbocycles. The monoisotopic (exact) mass is 330 g/mol. The van der Waals surface area contributed by atoms with E-state index >= 15 is 0 Å². The molecule has 0 bridgehead atoms. The molecular formula is C18H18O4S. The van der Waals surface area contributed by atoms with Crippen LogP contribution in [-0.4, -0.2) is 17.1 Å². The Morgan fingerprint density at radius 1 is 1.13 bits per heavy atom. The van der Waals surface area contributed by atoms with Crippen molar-refractivity contribution in [3.8, 4) is 29.2 Å². The van der Waals surface area contributed by atoms with Gasteiger partial charge in [-0.2, -0.15) is 4.21 Å². The lowest BCUT2D eigenvalue weighted by atomic mass is 10.1. The van der Waals surface area contributed by atoms with Gasteiger partial charge in [-0.25, -0.2) is 4.18 Å². The van der Waals surface area contributed by atoms with Crippen LogP contribution in [0.5, 0.6) is 5.75 Å². The summed E-state index contributed by atoms with van der Waals surface area (Å²) in [6.07, 6.45) is 4.74. The van der Waals surface area contributed by atoms with Gasteiger partial charge in [0.05, 0.1) is 6.61 Å². The van der Waals surface area contributed by atoms with Gasteiger partial charge >= 0.3 is 11.4 Å². The summed E-state index contributed by atoms with van der Waals surface area (Å²) < 4.78 is 27.4. The lowest BCUT2D eigenvalue weighted by molar-refractivity contribution is 0.0231. The molecule has 0 amide bonds. The fourth-order valence-corrected chi connectivity index (χ4v) is 2.47. The van der Waals surface area contributed by atoms with E-state index in [0.29, 0.717) is 12.2 Å². The van der Waals surface area contributed by atoms with Crippen LogP contribution in [0.2, 0.25) is 0 Å². The normalized spacial score (nSPS) is 13.0. The highest BCUT2D eigenvalue weighted by Crippen LogP contribution is 2.30. The molecule has 2 atom stereocenters. The first-order chi connectivity index (χ1) is 11.2. The molecule has 0 saturated carbocycles. The minimum Gasteiger partial charge on any atom is -0.463 e. The van der Waals surface area contributed by atoms with Crippen molar-refractivity contribution in [2.75, 3.05) is 6.61 Å². The van der Waals surface area contributed by atoms with E-state index in [1.54, 1.807) is 6.92 Å². The third kappa shape index (κ3) is 5.53. The summed E-state index contributed by atoms with van der Waals surface area (Å²) in [5, 5.41) is 0. The Kier molecular flexibility index (Phi) is 6.82. The Balaban J connectivity index is 2.00. The summed E-state index contributed by atoms with van der Waals surface area (Å²) in [5.74, 6) is 3.04. The molecule has 2 rings (SSSR count). The molecule has 0 fully saturated rings. The fraction of sp³-hybridized carbons (Fsp3) is 0.222. The maximum absolute atomic E-state index is 11.6. The van der Waals surface area contributed by atoms with Crippen molar-refractivity contribution in [3.05, 3.63) is 54.6 Å². The average molecular weight is 330 g/mol. The van der Waals surface area contributed by atoms with Gasteiger partial charge in [-0.15, -0.1) is 12.3 Å². The zero-order chi connectivity index (χ0) is 16.5. The minimum absolute atomic E-state index is 0.177. The molecule has 0 aromatic heterocycles. The minimum atomic E-state index is -1.90. The van der Waals surface area contributed by atoms with Gasteiger partial charge in [-0.1, -0.05) is 48.5 Å². The summed E-state index contributed by atoms with van der Waals surface area (Å²) in [4.78, 5) is 0. The maximum Gasteiger partial charge on any atom is 0.308 e. The van der Waals surface area contributed by atoms with E-state index in [1.807, 2.05) is 54.6 Å². The topological polar surface area (TPSA) is 44.8 Å². The molecule has 2 unspecified atom stereocenters. The largest absolute Gasteiger partial charge is 0.463 e. The molecule has 5 heteroatoms. The van der Waals surface area contributed by atoms with E-state index in [1.165, 1.54) is 0 Å². The van der Waals surface area contributed by atoms with Gasteiger partial charge in [0.2, 0.25) is 6.29 Å². The lowest BCUT2D eigenvalue weighted by Crippen LogP contribution is -2.19. The first-order valence-corrected chi connectivity index (χ1v) is 8.17. The van der Waals surface area contributed by atoms with E-state index < -0.39 is 17.7 Å². The number of rotatable bonds is 8. The van der Waals surface area contributed by atoms with Crippen molar-refractivity contribution in [1.29, 1.82) is 0 Å². The second kappa shape index (κ2) is 9.11. The van der Waals surface area contributed by atoms with Crippen molar-refractivity contribution in [1.82, 2.24) is 0 Å². The summed E-state index contributed by atoms with van der Waals surface area (Å²) >= 11 is -1.90.